The lowest BCUT2D eigenvalue weighted by Gasteiger charge is -2.30. The van der Waals surface area contributed by atoms with Crippen molar-refractivity contribution in [2.24, 2.45) is 0 Å². The monoisotopic (exact) mass is 273 g/mol. The molecule has 1 aromatic heterocycles. The highest BCUT2D eigenvalue weighted by molar-refractivity contribution is 5.64. The van der Waals surface area contributed by atoms with E-state index in [2.05, 4.69) is 32.3 Å². The summed E-state index contributed by atoms with van der Waals surface area (Å²) in [6, 6.07) is 5.86. The first-order valence-electron chi connectivity index (χ1n) is 6.85. The molecule has 6 nitrogen and oxygen atoms in total. The standard InChI is InChI=1S/C14H19N5O/c1-9-8-19(7-6-15-9)14-16-13(17-18-14)11-4-3-5-12(20)10(11)2/h3-5,9,15,20H,6-8H2,1-2H3,(H,16,17,18)/t9-/m1/s1. The average molecular weight is 273 g/mol. The van der Waals surface area contributed by atoms with Crippen molar-refractivity contribution in [1.29, 1.82) is 0 Å². The summed E-state index contributed by atoms with van der Waals surface area (Å²) in [7, 11) is 0. The molecule has 20 heavy (non-hydrogen) atoms. The van der Waals surface area contributed by atoms with E-state index in [9.17, 15) is 5.11 Å². The third-order valence-electron chi connectivity index (χ3n) is 3.69. The Morgan fingerprint density at radius 1 is 1.40 bits per heavy atom. The van der Waals surface area contributed by atoms with E-state index in [1.807, 2.05) is 19.1 Å². The highest BCUT2D eigenvalue weighted by atomic mass is 16.3. The minimum atomic E-state index is 0.274. The second-order valence-electron chi connectivity index (χ2n) is 5.23. The number of phenols is 1. The molecule has 0 aliphatic carbocycles. The number of anilines is 1. The van der Waals surface area contributed by atoms with E-state index in [0.717, 1.165) is 36.7 Å². The fourth-order valence-corrected chi connectivity index (χ4v) is 2.51. The molecule has 1 fully saturated rings. The van der Waals surface area contributed by atoms with Crippen LogP contribution in [0.4, 0.5) is 5.95 Å². The van der Waals surface area contributed by atoms with Crippen LogP contribution < -0.4 is 10.2 Å². The van der Waals surface area contributed by atoms with Crippen molar-refractivity contribution in [2.75, 3.05) is 24.5 Å². The summed E-state index contributed by atoms with van der Waals surface area (Å²) in [6.45, 7) is 6.77. The van der Waals surface area contributed by atoms with E-state index in [1.54, 1.807) is 6.07 Å². The normalized spacial score (nSPS) is 19.3. The maximum atomic E-state index is 9.77. The van der Waals surface area contributed by atoms with Crippen LogP contribution in [0.25, 0.3) is 11.4 Å². The number of rotatable bonds is 2. The van der Waals surface area contributed by atoms with Gasteiger partial charge in [-0.15, -0.1) is 5.10 Å². The summed E-state index contributed by atoms with van der Waals surface area (Å²) in [4.78, 5) is 6.73. The van der Waals surface area contributed by atoms with Gasteiger partial charge in [-0.2, -0.15) is 4.98 Å². The number of aromatic amines is 1. The van der Waals surface area contributed by atoms with Crippen molar-refractivity contribution in [2.45, 2.75) is 19.9 Å². The van der Waals surface area contributed by atoms with Crippen LogP contribution in [0.1, 0.15) is 12.5 Å². The number of hydrogen-bond acceptors (Lipinski definition) is 5. The number of piperazine rings is 1. The number of H-pyrrole nitrogens is 1. The van der Waals surface area contributed by atoms with E-state index >= 15 is 0 Å². The van der Waals surface area contributed by atoms with Gasteiger partial charge in [-0.05, 0) is 19.9 Å². The zero-order valence-corrected chi connectivity index (χ0v) is 11.7. The molecule has 0 bridgehead atoms. The Balaban J connectivity index is 1.88. The minimum Gasteiger partial charge on any atom is -0.508 e. The average Bonchev–Trinajstić information content (AvgIpc) is 2.91. The molecule has 0 spiro atoms. The minimum absolute atomic E-state index is 0.274. The van der Waals surface area contributed by atoms with Crippen LogP contribution in [-0.2, 0) is 0 Å². The summed E-state index contributed by atoms with van der Waals surface area (Å²) < 4.78 is 0. The first kappa shape index (κ1) is 12.9. The Hall–Kier alpha value is -2.08. The van der Waals surface area contributed by atoms with E-state index in [0.29, 0.717) is 11.9 Å². The molecule has 3 rings (SSSR count). The van der Waals surface area contributed by atoms with Crippen molar-refractivity contribution in [1.82, 2.24) is 20.5 Å². The number of hydrogen-bond donors (Lipinski definition) is 3. The maximum Gasteiger partial charge on any atom is 0.245 e. The number of aromatic nitrogens is 3. The van der Waals surface area contributed by atoms with Gasteiger partial charge in [-0.25, -0.2) is 0 Å². The summed E-state index contributed by atoms with van der Waals surface area (Å²) in [5.41, 5.74) is 1.69. The van der Waals surface area contributed by atoms with Crippen LogP contribution in [0.2, 0.25) is 0 Å². The fraction of sp³-hybridized carbons (Fsp3) is 0.429. The van der Waals surface area contributed by atoms with E-state index in [4.69, 9.17) is 0 Å². The lowest BCUT2D eigenvalue weighted by atomic mass is 10.1. The maximum absolute atomic E-state index is 9.77. The summed E-state index contributed by atoms with van der Waals surface area (Å²) >= 11 is 0. The third-order valence-corrected chi connectivity index (χ3v) is 3.69. The number of phenolic OH excluding ortho intramolecular Hbond substituents is 1. The Bertz CT molecular complexity index is 609. The highest BCUT2D eigenvalue weighted by Gasteiger charge is 2.20. The van der Waals surface area contributed by atoms with Crippen molar-refractivity contribution in [3.63, 3.8) is 0 Å². The molecule has 1 saturated heterocycles. The van der Waals surface area contributed by atoms with Crippen LogP contribution in [0.15, 0.2) is 18.2 Å². The van der Waals surface area contributed by atoms with E-state index in [1.165, 1.54) is 0 Å². The summed E-state index contributed by atoms with van der Waals surface area (Å²) in [5, 5.41) is 20.4. The van der Waals surface area contributed by atoms with Gasteiger partial charge in [-0.1, -0.05) is 12.1 Å². The second-order valence-corrected chi connectivity index (χ2v) is 5.23. The Morgan fingerprint density at radius 3 is 3.05 bits per heavy atom. The van der Waals surface area contributed by atoms with Crippen molar-refractivity contribution >= 4 is 5.95 Å². The second kappa shape index (κ2) is 5.13. The van der Waals surface area contributed by atoms with Gasteiger partial charge in [-0.3, -0.25) is 5.10 Å². The van der Waals surface area contributed by atoms with Gasteiger partial charge in [0, 0.05) is 36.8 Å². The van der Waals surface area contributed by atoms with Gasteiger partial charge >= 0.3 is 0 Å². The van der Waals surface area contributed by atoms with Crippen LogP contribution in [-0.4, -0.2) is 46.0 Å². The lowest BCUT2D eigenvalue weighted by molar-refractivity contribution is 0.471. The van der Waals surface area contributed by atoms with Crippen LogP contribution >= 0.6 is 0 Å². The van der Waals surface area contributed by atoms with Crippen LogP contribution in [0.3, 0.4) is 0 Å². The largest absolute Gasteiger partial charge is 0.508 e. The third kappa shape index (κ3) is 2.34. The number of benzene rings is 1. The highest BCUT2D eigenvalue weighted by Crippen LogP contribution is 2.27. The van der Waals surface area contributed by atoms with Gasteiger partial charge in [0.15, 0.2) is 5.82 Å². The van der Waals surface area contributed by atoms with Crippen molar-refractivity contribution < 1.29 is 5.11 Å². The van der Waals surface area contributed by atoms with Crippen molar-refractivity contribution in [3.05, 3.63) is 23.8 Å². The van der Waals surface area contributed by atoms with Gasteiger partial charge < -0.3 is 15.3 Å². The first-order valence-corrected chi connectivity index (χ1v) is 6.85. The molecular weight excluding hydrogens is 254 g/mol. The zero-order valence-electron chi connectivity index (χ0n) is 11.7. The lowest BCUT2D eigenvalue weighted by Crippen LogP contribution is -2.49. The van der Waals surface area contributed by atoms with Gasteiger partial charge in [0.25, 0.3) is 0 Å². The zero-order chi connectivity index (χ0) is 14.1. The van der Waals surface area contributed by atoms with Gasteiger partial charge in [0.2, 0.25) is 5.95 Å². The molecule has 1 aromatic carbocycles. The molecule has 3 N–H and O–H groups in total. The molecule has 1 aliphatic heterocycles. The van der Waals surface area contributed by atoms with Crippen molar-refractivity contribution in [3.8, 4) is 17.1 Å². The molecule has 2 heterocycles. The van der Waals surface area contributed by atoms with Crippen LogP contribution in [0, 0.1) is 6.92 Å². The molecular formula is C14H19N5O. The molecule has 0 unspecified atom stereocenters. The Morgan fingerprint density at radius 2 is 2.25 bits per heavy atom. The molecule has 1 atom stereocenters. The molecule has 0 radical (unpaired) electrons. The van der Waals surface area contributed by atoms with E-state index in [-0.39, 0.29) is 5.75 Å². The SMILES string of the molecule is Cc1c(O)cccc1-c1nc(N2CCN[C@H](C)C2)n[nH]1. The predicted octanol–water partition coefficient (Wildman–Crippen LogP) is 1.28. The van der Waals surface area contributed by atoms with Crippen LogP contribution in [0.5, 0.6) is 5.75 Å². The summed E-state index contributed by atoms with van der Waals surface area (Å²) in [5.74, 6) is 1.69. The topological polar surface area (TPSA) is 77.1 Å². The Kier molecular flexibility index (Phi) is 3.31. The Labute approximate surface area is 117 Å². The molecule has 0 amide bonds. The van der Waals surface area contributed by atoms with E-state index < -0.39 is 0 Å². The summed E-state index contributed by atoms with van der Waals surface area (Å²) in [6.07, 6.45) is 0. The molecule has 0 saturated carbocycles. The first-order chi connectivity index (χ1) is 9.65. The predicted molar refractivity (Wildman–Crippen MR) is 77.9 cm³/mol. The van der Waals surface area contributed by atoms with Gasteiger partial charge in [0.05, 0.1) is 0 Å². The molecule has 2 aromatic rings. The number of aromatic hydroxyl groups is 1. The molecule has 106 valence electrons. The molecule has 6 heteroatoms. The quantitative estimate of drug-likeness (QED) is 0.768. The fourth-order valence-electron chi connectivity index (χ4n) is 2.51. The molecule has 1 aliphatic rings. The van der Waals surface area contributed by atoms with Gasteiger partial charge in [0.1, 0.15) is 5.75 Å². The number of nitrogens with one attached hydrogen (secondary N) is 2. The smallest absolute Gasteiger partial charge is 0.245 e. The number of nitrogens with zero attached hydrogens (tertiary/aromatic N) is 3.